The fourth-order valence-corrected chi connectivity index (χ4v) is 3.54. The fourth-order valence-electron chi connectivity index (χ4n) is 3.54. The second-order valence-corrected chi connectivity index (χ2v) is 5.16. The molecule has 0 aromatic rings. The van der Waals surface area contributed by atoms with E-state index in [1.165, 1.54) is 38.5 Å². The Balaban J connectivity index is 1.77. The van der Waals surface area contributed by atoms with E-state index in [0.717, 1.165) is 17.3 Å². The summed E-state index contributed by atoms with van der Waals surface area (Å²) >= 11 is 0. The second-order valence-electron chi connectivity index (χ2n) is 5.16. The zero-order valence-corrected chi connectivity index (χ0v) is 7.05. The quantitative estimate of drug-likeness (QED) is 0.562. The molecule has 0 bridgehead atoms. The van der Waals surface area contributed by atoms with Crippen LogP contribution in [-0.4, -0.2) is 6.04 Å². The Kier molecular flexibility index (Phi) is 1.07. The third-order valence-corrected chi connectivity index (χ3v) is 4.23. The summed E-state index contributed by atoms with van der Waals surface area (Å²) in [5.74, 6) is 2.07. The summed E-state index contributed by atoms with van der Waals surface area (Å²) in [5, 5.41) is 0. The van der Waals surface area contributed by atoms with Crippen LogP contribution in [0.15, 0.2) is 0 Å². The van der Waals surface area contributed by atoms with Gasteiger partial charge in [0.1, 0.15) is 0 Å². The molecule has 3 rings (SSSR count). The zero-order valence-electron chi connectivity index (χ0n) is 7.05. The molecular formula is C10H17N. The molecule has 3 aliphatic carbocycles. The van der Waals surface area contributed by atoms with Crippen LogP contribution < -0.4 is 5.73 Å². The van der Waals surface area contributed by atoms with Gasteiger partial charge in [-0.3, -0.25) is 0 Å². The Morgan fingerprint density at radius 3 is 2.00 bits per heavy atom. The molecule has 1 spiro atoms. The van der Waals surface area contributed by atoms with Gasteiger partial charge in [-0.05, 0) is 55.8 Å². The predicted octanol–water partition coefficient (Wildman–Crippen LogP) is 1.91. The van der Waals surface area contributed by atoms with Crippen molar-refractivity contribution in [3.8, 4) is 0 Å². The highest BCUT2D eigenvalue weighted by molar-refractivity contribution is 5.06. The van der Waals surface area contributed by atoms with E-state index >= 15 is 0 Å². The second kappa shape index (κ2) is 1.82. The van der Waals surface area contributed by atoms with Gasteiger partial charge in [-0.1, -0.05) is 0 Å². The lowest BCUT2D eigenvalue weighted by Crippen LogP contribution is -2.16. The van der Waals surface area contributed by atoms with E-state index in [2.05, 4.69) is 0 Å². The Morgan fingerprint density at radius 2 is 1.55 bits per heavy atom. The maximum Gasteiger partial charge on any atom is 0.00443 e. The molecule has 3 aliphatic rings. The van der Waals surface area contributed by atoms with E-state index in [0.29, 0.717) is 6.04 Å². The van der Waals surface area contributed by atoms with Crippen molar-refractivity contribution in [3.63, 3.8) is 0 Å². The average Bonchev–Trinajstić information content (AvgIpc) is 2.44. The van der Waals surface area contributed by atoms with E-state index in [4.69, 9.17) is 5.73 Å². The Labute approximate surface area is 68.3 Å². The number of hydrogen-bond donors (Lipinski definition) is 1. The van der Waals surface area contributed by atoms with Gasteiger partial charge in [0.15, 0.2) is 0 Å². The van der Waals surface area contributed by atoms with Gasteiger partial charge in [0.05, 0.1) is 0 Å². The first-order chi connectivity index (χ1) is 5.27. The molecule has 0 aromatic carbocycles. The van der Waals surface area contributed by atoms with Gasteiger partial charge in [0, 0.05) is 6.04 Å². The van der Waals surface area contributed by atoms with Crippen LogP contribution in [0.25, 0.3) is 0 Å². The molecule has 3 fully saturated rings. The van der Waals surface area contributed by atoms with Gasteiger partial charge < -0.3 is 5.73 Å². The third-order valence-electron chi connectivity index (χ3n) is 4.23. The smallest absolute Gasteiger partial charge is 0.00443 e. The van der Waals surface area contributed by atoms with Crippen LogP contribution in [0, 0.1) is 17.3 Å². The lowest BCUT2D eigenvalue weighted by molar-refractivity contribution is 0.455. The Bertz CT molecular complexity index is 167. The highest BCUT2D eigenvalue weighted by Gasteiger charge is 2.54. The Morgan fingerprint density at radius 1 is 1.00 bits per heavy atom. The number of hydrogen-bond acceptors (Lipinski definition) is 1. The van der Waals surface area contributed by atoms with Crippen molar-refractivity contribution >= 4 is 0 Å². The molecule has 0 saturated heterocycles. The molecule has 62 valence electrons. The molecule has 2 atom stereocenters. The monoisotopic (exact) mass is 151 g/mol. The maximum atomic E-state index is 5.93. The van der Waals surface area contributed by atoms with Gasteiger partial charge >= 0.3 is 0 Å². The average molecular weight is 151 g/mol. The van der Waals surface area contributed by atoms with Crippen LogP contribution in [0.4, 0.5) is 0 Å². The topological polar surface area (TPSA) is 26.0 Å². The first kappa shape index (κ1) is 6.47. The number of rotatable bonds is 0. The molecule has 3 saturated carbocycles. The van der Waals surface area contributed by atoms with Crippen molar-refractivity contribution < 1.29 is 0 Å². The van der Waals surface area contributed by atoms with Crippen molar-refractivity contribution in [1.82, 2.24) is 0 Å². The molecule has 0 aromatic heterocycles. The van der Waals surface area contributed by atoms with Crippen molar-refractivity contribution in [2.45, 2.75) is 44.6 Å². The molecule has 0 heterocycles. The highest BCUT2D eigenvalue weighted by Crippen LogP contribution is 2.64. The first-order valence-corrected chi connectivity index (χ1v) is 5.03. The van der Waals surface area contributed by atoms with Crippen LogP contribution in [0.2, 0.25) is 0 Å². The molecule has 11 heavy (non-hydrogen) atoms. The lowest BCUT2D eigenvalue weighted by Gasteiger charge is -2.08. The minimum absolute atomic E-state index is 0.557. The first-order valence-electron chi connectivity index (χ1n) is 5.03. The van der Waals surface area contributed by atoms with Crippen LogP contribution in [-0.2, 0) is 0 Å². The van der Waals surface area contributed by atoms with Gasteiger partial charge in [-0.25, -0.2) is 0 Å². The van der Waals surface area contributed by atoms with Crippen molar-refractivity contribution in [1.29, 1.82) is 0 Å². The molecular weight excluding hydrogens is 134 g/mol. The standard InChI is InChI=1S/C10H17N/c11-9-3-7-5-10(1-2-10)6-8(7)4-9/h7-9H,1-6,11H2. The van der Waals surface area contributed by atoms with Crippen LogP contribution >= 0.6 is 0 Å². The van der Waals surface area contributed by atoms with E-state index in [9.17, 15) is 0 Å². The molecule has 1 nitrogen and oxygen atoms in total. The molecule has 0 radical (unpaired) electrons. The van der Waals surface area contributed by atoms with Crippen molar-refractivity contribution in [2.24, 2.45) is 23.0 Å². The molecule has 2 unspecified atom stereocenters. The van der Waals surface area contributed by atoms with E-state index < -0.39 is 0 Å². The summed E-state index contributed by atoms with van der Waals surface area (Å²) in [4.78, 5) is 0. The molecule has 1 heteroatoms. The summed E-state index contributed by atoms with van der Waals surface area (Å²) < 4.78 is 0. The van der Waals surface area contributed by atoms with Crippen molar-refractivity contribution in [2.75, 3.05) is 0 Å². The molecule has 0 aliphatic heterocycles. The number of fused-ring (bicyclic) bond motifs is 1. The zero-order chi connectivity index (χ0) is 7.47. The van der Waals surface area contributed by atoms with Crippen molar-refractivity contribution in [3.05, 3.63) is 0 Å². The number of nitrogens with two attached hydrogens (primary N) is 1. The van der Waals surface area contributed by atoms with Crippen LogP contribution in [0.5, 0.6) is 0 Å². The highest BCUT2D eigenvalue weighted by atomic mass is 14.7. The van der Waals surface area contributed by atoms with Crippen LogP contribution in [0.1, 0.15) is 38.5 Å². The predicted molar refractivity (Wildman–Crippen MR) is 45.1 cm³/mol. The van der Waals surface area contributed by atoms with Gasteiger partial charge in [-0.15, -0.1) is 0 Å². The summed E-state index contributed by atoms with van der Waals surface area (Å²) in [7, 11) is 0. The summed E-state index contributed by atoms with van der Waals surface area (Å²) in [6, 6.07) is 0.557. The largest absolute Gasteiger partial charge is 0.328 e. The van der Waals surface area contributed by atoms with Crippen LogP contribution in [0.3, 0.4) is 0 Å². The minimum atomic E-state index is 0.557. The fraction of sp³-hybridized carbons (Fsp3) is 1.00. The van der Waals surface area contributed by atoms with Gasteiger partial charge in [0.2, 0.25) is 0 Å². The normalized spacial score (nSPS) is 51.5. The Hall–Kier alpha value is -0.0400. The maximum absolute atomic E-state index is 5.93. The molecule has 2 N–H and O–H groups in total. The summed E-state index contributed by atoms with van der Waals surface area (Å²) in [5.41, 5.74) is 6.80. The third kappa shape index (κ3) is 0.868. The summed E-state index contributed by atoms with van der Waals surface area (Å²) in [6.45, 7) is 0. The SMILES string of the molecule is NC1CC2CC3(CC3)CC2C1. The van der Waals surface area contributed by atoms with Gasteiger partial charge in [-0.2, -0.15) is 0 Å². The van der Waals surface area contributed by atoms with E-state index in [1.54, 1.807) is 0 Å². The lowest BCUT2D eigenvalue weighted by atomic mass is 10.00. The minimum Gasteiger partial charge on any atom is -0.328 e. The van der Waals surface area contributed by atoms with E-state index in [-0.39, 0.29) is 0 Å². The summed E-state index contributed by atoms with van der Waals surface area (Å²) in [6.07, 6.45) is 8.82. The van der Waals surface area contributed by atoms with E-state index in [1.807, 2.05) is 0 Å². The molecule has 0 amide bonds. The van der Waals surface area contributed by atoms with Gasteiger partial charge in [0.25, 0.3) is 0 Å².